The largest absolute Gasteiger partial charge is 0.455 e. The van der Waals surface area contributed by atoms with Crippen molar-refractivity contribution in [3.63, 3.8) is 0 Å². The first kappa shape index (κ1) is 19.3. The third kappa shape index (κ3) is 6.11. The van der Waals surface area contributed by atoms with Crippen LogP contribution < -0.4 is 5.32 Å². The minimum atomic E-state index is -0.435. The second kappa shape index (κ2) is 9.49. The summed E-state index contributed by atoms with van der Waals surface area (Å²) in [7, 11) is 0. The molecule has 0 spiro atoms. The first-order valence-corrected chi connectivity index (χ1v) is 9.28. The van der Waals surface area contributed by atoms with Crippen LogP contribution in [0.15, 0.2) is 47.4 Å². The molecule has 2 aromatic rings. The predicted molar refractivity (Wildman–Crippen MR) is 102 cm³/mol. The molecule has 2 rings (SSSR count). The van der Waals surface area contributed by atoms with Gasteiger partial charge in [-0.25, -0.2) is 0 Å². The number of ether oxygens (including phenoxy) is 1. The van der Waals surface area contributed by atoms with Gasteiger partial charge in [0.15, 0.2) is 6.61 Å². The fourth-order valence-electron chi connectivity index (χ4n) is 2.24. The molecule has 0 saturated carbocycles. The highest BCUT2D eigenvalue weighted by atomic mass is 35.5. The molecule has 0 radical (unpaired) electrons. The molecule has 0 atom stereocenters. The van der Waals surface area contributed by atoms with Gasteiger partial charge in [-0.15, -0.1) is 11.8 Å². The monoisotopic (exact) mass is 377 g/mol. The number of halogens is 1. The van der Waals surface area contributed by atoms with Crippen molar-refractivity contribution in [1.29, 1.82) is 0 Å². The molecule has 0 aliphatic heterocycles. The van der Waals surface area contributed by atoms with Gasteiger partial charge in [0.2, 0.25) is 0 Å². The maximum Gasteiger partial charge on any atom is 0.316 e. The second-order valence-corrected chi connectivity index (χ2v) is 6.90. The molecule has 2 aromatic carbocycles. The highest BCUT2D eigenvalue weighted by molar-refractivity contribution is 8.00. The Labute approximate surface area is 156 Å². The van der Waals surface area contributed by atoms with Gasteiger partial charge in [-0.1, -0.05) is 36.7 Å². The topological polar surface area (TPSA) is 55.4 Å². The van der Waals surface area contributed by atoms with Crippen molar-refractivity contribution in [3.8, 4) is 0 Å². The molecule has 1 amide bonds. The highest BCUT2D eigenvalue weighted by Gasteiger charge is 2.11. The van der Waals surface area contributed by atoms with Crippen LogP contribution in [0.3, 0.4) is 0 Å². The smallest absolute Gasteiger partial charge is 0.316 e. The number of rotatable bonds is 7. The quantitative estimate of drug-likeness (QED) is 0.570. The van der Waals surface area contributed by atoms with Crippen molar-refractivity contribution in [2.24, 2.45) is 0 Å². The van der Waals surface area contributed by atoms with E-state index < -0.39 is 5.97 Å². The van der Waals surface area contributed by atoms with Gasteiger partial charge < -0.3 is 10.1 Å². The number of para-hydroxylation sites is 1. The Balaban J connectivity index is 1.80. The molecule has 4 nitrogen and oxygen atoms in total. The van der Waals surface area contributed by atoms with Crippen molar-refractivity contribution in [1.82, 2.24) is 0 Å². The maximum atomic E-state index is 12.0. The number of carbonyl (C=O) groups is 2. The molecule has 0 bridgehead atoms. The summed E-state index contributed by atoms with van der Waals surface area (Å²) < 4.78 is 5.04. The van der Waals surface area contributed by atoms with Crippen LogP contribution in [0.2, 0.25) is 5.02 Å². The van der Waals surface area contributed by atoms with Gasteiger partial charge in [0.05, 0.1) is 5.75 Å². The Bertz CT molecular complexity index is 747. The lowest BCUT2D eigenvalue weighted by atomic mass is 10.1. The number of carbonyl (C=O) groups excluding carboxylic acids is 2. The normalized spacial score (nSPS) is 10.4. The van der Waals surface area contributed by atoms with Crippen LogP contribution in [0.5, 0.6) is 0 Å². The number of hydrogen-bond donors (Lipinski definition) is 1. The lowest BCUT2D eigenvalue weighted by Gasteiger charge is -2.13. The Morgan fingerprint density at radius 1 is 1.16 bits per heavy atom. The van der Waals surface area contributed by atoms with E-state index in [1.54, 1.807) is 12.1 Å². The number of esters is 1. The molecule has 0 heterocycles. The molecule has 0 aliphatic rings. The molecule has 1 N–H and O–H groups in total. The molecule has 0 aliphatic carbocycles. The van der Waals surface area contributed by atoms with Crippen molar-refractivity contribution >= 4 is 40.9 Å². The molecule has 0 aromatic heterocycles. The Morgan fingerprint density at radius 3 is 2.56 bits per heavy atom. The molecule has 6 heteroatoms. The molecule has 132 valence electrons. The molecular formula is C19H20ClNO3S. The maximum absolute atomic E-state index is 12.0. The molecule has 25 heavy (non-hydrogen) atoms. The van der Waals surface area contributed by atoms with E-state index in [2.05, 4.69) is 5.32 Å². The number of anilines is 1. The number of hydrogen-bond acceptors (Lipinski definition) is 4. The van der Waals surface area contributed by atoms with Gasteiger partial charge in [0, 0.05) is 15.6 Å². The Hall–Kier alpha value is -1.98. The lowest BCUT2D eigenvalue weighted by molar-refractivity contribution is -0.144. The zero-order valence-electron chi connectivity index (χ0n) is 14.2. The van der Waals surface area contributed by atoms with Gasteiger partial charge in [0.25, 0.3) is 5.91 Å². The summed E-state index contributed by atoms with van der Waals surface area (Å²) in [6.45, 7) is 3.67. The van der Waals surface area contributed by atoms with E-state index in [9.17, 15) is 9.59 Å². The molecule has 0 saturated heterocycles. The molecule has 0 fully saturated rings. The van der Waals surface area contributed by atoms with Crippen LogP contribution in [0.1, 0.15) is 18.1 Å². The SMILES string of the molecule is CCc1cccc(C)c1NC(=O)COC(=O)CSc1ccc(Cl)cc1. The van der Waals surface area contributed by atoms with Crippen LogP contribution in [0.25, 0.3) is 0 Å². The number of amides is 1. The number of benzene rings is 2. The van der Waals surface area contributed by atoms with Gasteiger partial charge in [-0.3, -0.25) is 9.59 Å². The summed E-state index contributed by atoms with van der Waals surface area (Å²) in [6.07, 6.45) is 0.814. The number of aryl methyl sites for hydroxylation is 2. The van der Waals surface area contributed by atoms with Crippen LogP contribution in [-0.2, 0) is 20.7 Å². The zero-order chi connectivity index (χ0) is 18.2. The van der Waals surface area contributed by atoms with Gasteiger partial charge in [-0.2, -0.15) is 0 Å². The Morgan fingerprint density at radius 2 is 1.88 bits per heavy atom. The van der Waals surface area contributed by atoms with Crippen molar-refractivity contribution in [3.05, 3.63) is 58.6 Å². The standard InChI is InChI=1S/C19H20ClNO3S/c1-3-14-6-4-5-13(2)19(14)21-17(22)11-24-18(23)12-25-16-9-7-15(20)8-10-16/h4-10H,3,11-12H2,1-2H3,(H,21,22). The summed E-state index contributed by atoms with van der Waals surface area (Å²) in [5.74, 6) is -0.635. The first-order valence-electron chi connectivity index (χ1n) is 7.92. The average molecular weight is 378 g/mol. The van der Waals surface area contributed by atoms with Crippen molar-refractivity contribution < 1.29 is 14.3 Å². The van der Waals surface area contributed by atoms with E-state index in [1.807, 2.05) is 44.2 Å². The van der Waals surface area contributed by atoms with E-state index in [0.29, 0.717) is 5.02 Å². The Kier molecular flexibility index (Phi) is 7.34. The van der Waals surface area contributed by atoms with Crippen LogP contribution in [-0.4, -0.2) is 24.2 Å². The van der Waals surface area contributed by atoms with Crippen LogP contribution >= 0.6 is 23.4 Å². The third-order valence-electron chi connectivity index (χ3n) is 3.54. The third-order valence-corrected chi connectivity index (χ3v) is 4.78. The van der Waals surface area contributed by atoms with Crippen LogP contribution in [0, 0.1) is 6.92 Å². The molecular weight excluding hydrogens is 358 g/mol. The van der Waals surface area contributed by atoms with Gasteiger partial charge in [0.1, 0.15) is 0 Å². The number of thioether (sulfide) groups is 1. The first-order chi connectivity index (χ1) is 12.0. The fraction of sp³-hybridized carbons (Fsp3) is 0.263. The minimum absolute atomic E-state index is 0.138. The summed E-state index contributed by atoms with van der Waals surface area (Å²) >= 11 is 7.15. The van der Waals surface area contributed by atoms with Crippen LogP contribution in [0.4, 0.5) is 5.69 Å². The summed E-state index contributed by atoms with van der Waals surface area (Å²) in [4.78, 5) is 24.7. The van der Waals surface area contributed by atoms with E-state index in [0.717, 1.165) is 28.1 Å². The van der Waals surface area contributed by atoms with E-state index in [4.69, 9.17) is 16.3 Å². The lowest BCUT2D eigenvalue weighted by Crippen LogP contribution is -2.22. The minimum Gasteiger partial charge on any atom is -0.455 e. The van der Waals surface area contributed by atoms with Gasteiger partial charge >= 0.3 is 5.97 Å². The predicted octanol–water partition coefficient (Wildman–Crippen LogP) is 4.48. The average Bonchev–Trinajstić information content (AvgIpc) is 2.61. The number of nitrogens with one attached hydrogen (secondary N) is 1. The summed E-state index contributed by atoms with van der Waals surface area (Å²) in [5.41, 5.74) is 2.83. The summed E-state index contributed by atoms with van der Waals surface area (Å²) in [5, 5.41) is 3.47. The zero-order valence-corrected chi connectivity index (χ0v) is 15.7. The highest BCUT2D eigenvalue weighted by Crippen LogP contribution is 2.21. The van der Waals surface area contributed by atoms with E-state index in [-0.39, 0.29) is 18.3 Å². The second-order valence-electron chi connectivity index (χ2n) is 5.41. The van der Waals surface area contributed by atoms with Crippen molar-refractivity contribution in [2.75, 3.05) is 17.7 Å². The summed E-state index contributed by atoms with van der Waals surface area (Å²) in [6, 6.07) is 13.0. The fourth-order valence-corrected chi connectivity index (χ4v) is 3.06. The van der Waals surface area contributed by atoms with E-state index in [1.165, 1.54) is 11.8 Å². The molecule has 0 unspecified atom stereocenters. The van der Waals surface area contributed by atoms with E-state index >= 15 is 0 Å². The van der Waals surface area contributed by atoms with Crippen molar-refractivity contribution in [2.45, 2.75) is 25.2 Å². The van der Waals surface area contributed by atoms with Gasteiger partial charge in [-0.05, 0) is 48.7 Å².